The third kappa shape index (κ3) is 12.3. The second-order valence-corrected chi connectivity index (χ2v) is 12.3. The monoisotopic (exact) mass is 631 g/mol. The van der Waals surface area contributed by atoms with Crippen LogP contribution in [0.5, 0.6) is 5.75 Å². The molecule has 0 aliphatic heterocycles. The van der Waals surface area contributed by atoms with Gasteiger partial charge in [0.15, 0.2) is 0 Å². The SMILES string of the molecule is CCOC(=O)c1ccc(NC(=O)NC(CC(C)C)C(=O)NC(Cc2ccc(OCc3ccccc3)cc2)C(=O)OC(C)(C)C)cc1. The van der Waals surface area contributed by atoms with Crippen molar-refractivity contribution in [2.75, 3.05) is 11.9 Å². The fourth-order valence-electron chi connectivity index (χ4n) is 4.47. The maximum Gasteiger partial charge on any atom is 0.338 e. The number of esters is 2. The number of urea groups is 1. The third-order valence-electron chi connectivity index (χ3n) is 6.60. The van der Waals surface area contributed by atoms with Crippen LogP contribution in [0.25, 0.3) is 0 Å². The Labute approximate surface area is 271 Å². The minimum Gasteiger partial charge on any atom is -0.489 e. The highest BCUT2D eigenvalue weighted by atomic mass is 16.6. The molecule has 0 aliphatic carbocycles. The van der Waals surface area contributed by atoms with E-state index in [2.05, 4.69) is 16.0 Å². The Morgan fingerprint density at radius 1 is 0.783 bits per heavy atom. The van der Waals surface area contributed by atoms with Crippen LogP contribution in [-0.4, -0.2) is 48.2 Å². The van der Waals surface area contributed by atoms with Crippen LogP contribution in [-0.2, 0) is 32.1 Å². The number of anilines is 1. The highest BCUT2D eigenvalue weighted by Crippen LogP contribution is 2.18. The number of hydrogen-bond donors (Lipinski definition) is 3. The van der Waals surface area contributed by atoms with Gasteiger partial charge in [0.25, 0.3) is 0 Å². The molecule has 10 heteroatoms. The molecule has 0 radical (unpaired) electrons. The molecule has 246 valence electrons. The summed E-state index contributed by atoms with van der Waals surface area (Å²) in [4.78, 5) is 51.6. The van der Waals surface area contributed by atoms with Crippen LogP contribution in [0.15, 0.2) is 78.9 Å². The van der Waals surface area contributed by atoms with Crippen LogP contribution >= 0.6 is 0 Å². The first-order valence-electron chi connectivity index (χ1n) is 15.5. The quantitative estimate of drug-likeness (QED) is 0.185. The molecule has 2 unspecified atom stereocenters. The van der Waals surface area contributed by atoms with E-state index in [1.165, 1.54) is 0 Å². The lowest BCUT2D eigenvalue weighted by molar-refractivity contribution is -0.158. The van der Waals surface area contributed by atoms with Gasteiger partial charge in [-0.3, -0.25) is 4.79 Å². The van der Waals surface area contributed by atoms with E-state index in [-0.39, 0.29) is 18.9 Å². The molecule has 0 bridgehead atoms. The van der Waals surface area contributed by atoms with Crippen molar-refractivity contribution in [2.45, 2.75) is 78.7 Å². The molecule has 0 saturated heterocycles. The Hall–Kier alpha value is -4.86. The summed E-state index contributed by atoms with van der Waals surface area (Å²) < 4.78 is 16.5. The number of rotatable bonds is 14. The predicted octanol–water partition coefficient (Wildman–Crippen LogP) is 6.05. The zero-order valence-corrected chi connectivity index (χ0v) is 27.4. The molecule has 46 heavy (non-hydrogen) atoms. The smallest absolute Gasteiger partial charge is 0.338 e. The first-order chi connectivity index (χ1) is 21.8. The van der Waals surface area contributed by atoms with Crippen molar-refractivity contribution in [3.05, 3.63) is 95.6 Å². The lowest BCUT2D eigenvalue weighted by Gasteiger charge is -2.27. The summed E-state index contributed by atoms with van der Waals surface area (Å²) >= 11 is 0. The Morgan fingerprint density at radius 2 is 1.43 bits per heavy atom. The minimum atomic E-state index is -1.00. The van der Waals surface area contributed by atoms with Gasteiger partial charge in [0.2, 0.25) is 5.91 Å². The number of benzene rings is 3. The third-order valence-corrected chi connectivity index (χ3v) is 6.60. The Bertz CT molecular complexity index is 1430. The molecule has 2 atom stereocenters. The Morgan fingerprint density at radius 3 is 2.02 bits per heavy atom. The van der Waals surface area contributed by atoms with E-state index in [1.807, 2.05) is 68.4 Å². The van der Waals surface area contributed by atoms with Gasteiger partial charge < -0.3 is 30.2 Å². The molecule has 3 rings (SSSR count). The zero-order valence-electron chi connectivity index (χ0n) is 27.4. The number of carbonyl (C=O) groups is 4. The summed E-state index contributed by atoms with van der Waals surface area (Å²) in [5.74, 6) is -0.824. The van der Waals surface area contributed by atoms with E-state index in [1.54, 1.807) is 52.0 Å². The molecule has 0 aromatic heterocycles. The fourth-order valence-corrected chi connectivity index (χ4v) is 4.47. The summed E-state index contributed by atoms with van der Waals surface area (Å²) in [6.45, 7) is 11.5. The van der Waals surface area contributed by atoms with Crippen LogP contribution in [0.4, 0.5) is 10.5 Å². The van der Waals surface area contributed by atoms with E-state index in [0.29, 0.717) is 30.0 Å². The van der Waals surface area contributed by atoms with Crippen molar-refractivity contribution in [1.82, 2.24) is 10.6 Å². The average Bonchev–Trinajstić information content (AvgIpc) is 3.00. The van der Waals surface area contributed by atoms with E-state index in [4.69, 9.17) is 14.2 Å². The van der Waals surface area contributed by atoms with Crippen LogP contribution in [0.1, 0.15) is 69.4 Å². The summed E-state index contributed by atoms with van der Waals surface area (Å²) in [7, 11) is 0. The van der Waals surface area contributed by atoms with Gasteiger partial charge in [-0.1, -0.05) is 56.3 Å². The normalized spacial score (nSPS) is 12.4. The first kappa shape index (κ1) is 35.6. The van der Waals surface area contributed by atoms with Crippen molar-refractivity contribution in [3.63, 3.8) is 0 Å². The van der Waals surface area contributed by atoms with E-state index in [0.717, 1.165) is 11.1 Å². The molecule has 0 fully saturated rings. The number of amides is 3. The Balaban J connectivity index is 1.69. The van der Waals surface area contributed by atoms with Crippen molar-refractivity contribution >= 4 is 29.6 Å². The number of carbonyl (C=O) groups excluding carboxylic acids is 4. The van der Waals surface area contributed by atoms with Crippen molar-refractivity contribution in [3.8, 4) is 5.75 Å². The molecule has 3 amide bonds. The maximum absolute atomic E-state index is 13.6. The van der Waals surface area contributed by atoms with Crippen molar-refractivity contribution in [2.24, 2.45) is 5.92 Å². The molecule has 0 aliphatic rings. The van der Waals surface area contributed by atoms with Crippen LogP contribution in [0.3, 0.4) is 0 Å². The van der Waals surface area contributed by atoms with Gasteiger partial charge in [-0.15, -0.1) is 0 Å². The van der Waals surface area contributed by atoms with E-state index >= 15 is 0 Å². The molecule has 3 N–H and O–H groups in total. The lowest BCUT2D eigenvalue weighted by Crippen LogP contribution is -2.54. The molecule has 0 heterocycles. The van der Waals surface area contributed by atoms with Gasteiger partial charge in [0.05, 0.1) is 12.2 Å². The van der Waals surface area contributed by atoms with Gasteiger partial charge in [-0.2, -0.15) is 0 Å². The van der Waals surface area contributed by atoms with E-state index < -0.39 is 41.6 Å². The van der Waals surface area contributed by atoms with E-state index in [9.17, 15) is 19.2 Å². The Kier molecular flexibility index (Phi) is 13.2. The second-order valence-electron chi connectivity index (χ2n) is 12.3. The van der Waals surface area contributed by atoms with Crippen LogP contribution in [0, 0.1) is 5.92 Å². The molecule has 0 saturated carbocycles. The zero-order chi connectivity index (χ0) is 33.7. The lowest BCUT2D eigenvalue weighted by atomic mass is 10.0. The molecular formula is C36H45N3O7. The molecule has 10 nitrogen and oxygen atoms in total. The van der Waals surface area contributed by atoms with Crippen molar-refractivity contribution < 1.29 is 33.4 Å². The number of hydrogen-bond acceptors (Lipinski definition) is 7. The highest BCUT2D eigenvalue weighted by Gasteiger charge is 2.30. The molecule has 3 aromatic carbocycles. The van der Waals surface area contributed by atoms with Gasteiger partial charge >= 0.3 is 18.0 Å². The molecular weight excluding hydrogens is 586 g/mol. The van der Waals surface area contributed by atoms with Gasteiger partial charge in [0.1, 0.15) is 30.0 Å². The predicted molar refractivity (Wildman–Crippen MR) is 176 cm³/mol. The van der Waals surface area contributed by atoms with Crippen LogP contribution < -0.4 is 20.7 Å². The standard InChI is InChI=1S/C36H45N3O7/c1-7-44-33(41)27-15-17-28(18-16-27)37-35(43)39-30(21-24(2)3)32(40)38-31(34(42)46-36(4,5)6)22-25-13-19-29(20-14-25)45-23-26-11-9-8-10-12-26/h8-20,24,30-31H,7,21-23H2,1-6H3,(H,38,40)(H2,37,39,43). The molecule has 0 spiro atoms. The summed E-state index contributed by atoms with van der Waals surface area (Å²) in [6, 6.07) is 20.8. The van der Waals surface area contributed by atoms with Gasteiger partial charge in [-0.05, 0) is 87.6 Å². The maximum atomic E-state index is 13.6. The molecule has 3 aromatic rings. The largest absolute Gasteiger partial charge is 0.489 e. The van der Waals surface area contributed by atoms with Crippen LogP contribution in [0.2, 0.25) is 0 Å². The minimum absolute atomic E-state index is 0.0586. The summed E-state index contributed by atoms with van der Waals surface area (Å²) in [6.07, 6.45) is 0.503. The van der Waals surface area contributed by atoms with Gasteiger partial charge in [-0.25, -0.2) is 14.4 Å². The summed E-state index contributed by atoms with van der Waals surface area (Å²) in [5, 5.41) is 8.23. The highest BCUT2D eigenvalue weighted by molar-refractivity contribution is 5.95. The second kappa shape index (κ2) is 17.0. The number of ether oxygens (including phenoxy) is 3. The van der Waals surface area contributed by atoms with Gasteiger partial charge in [0, 0.05) is 12.1 Å². The van der Waals surface area contributed by atoms with Crippen molar-refractivity contribution in [1.29, 1.82) is 0 Å². The topological polar surface area (TPSA) is 132 Å². The summed E-state index contributed by atoms with van der Waals surface area (Å²) in [5.41, 5.74) is 1.85. The first-order valence-corrected chi connectivity index (χ1v) is 15.5. The average molecular weight is 632 g/mol. The number of nitrogens with one attached hydrogen (secondary N) is 3. The fraction of sp³-hybridized carbons (Fsp3) is 0.389.